The Morgan fingerprint density at radius 1 is 1.57 bits per heavy atom. The third-order valence-electron chi connectivity index (χ3n) is 3.41. The van der Waals surface area contributed by atoms with Crippen LogP contribution in [0, 0.1) is 16.0 Å². The molecule has 7 heteroatoms. The second-order valence-electron chi connectivity index (χ2n) is 5.08. The van der Waals surface area contributed by atoms with Gasteiger partial charge in [0.05, 0.1) is 10.5 Å². The Labute approximate surface area is 121 Å². The molecular weight excluding hydrogens is 276 g/mol. The average molecular weight is 292 g/mol. The quantitative estimate of drug-likeness (QED) is 0.468. The SMILES string of the molecule is C[C@@H](NC(=O)COc1ccc([N+](=O)[O-])cc1C=O)C1CC1. The molecule has 0 radical (unpaired) electrons. The number of ether oxygens (including phenoxy) is 1. The van der Waals surface area contributed by atoms with Gasteiger partial charge in [0.15, 0.2) is 12.9 Å². The van der Waals surface area contributed by atoms with Crippen LogP contribution < -0.4 is 10.1 Å². The van der Waals surface area contributed by atoms with Crippen LogP contribution in [0.3, 0.4) is 0 Å². The van der Waals surface area contributed by atoms with Crippen LogP contribution in [0.2, 0.25) is 0 Å². The monoisotopic (exact) mass is 292 g/mol. The minimum absolute atomic E-state index is 0.0484. The molecule has 1 aliphatic carbocycles. The number of nitro groups is 1. The summed E-state index contributed by atoms with van der Waals surface area (Å²) < 4.78 is 5.26. The summed E-state index contributed by atoms with van der Waals surface area (Å²) >= 11 is 0. The van der Waals surface area contributed by atoms with Crippen LogP contribution in [0.1, 0.15) is 30.1 Å². The van der Waals surface area contributed by atoms with E-state index in [1.54, 1.807) is 0 Å². The van der Waals surface area contributed by atoms with E-state index in [0.29, 0.717) is 12.2 Å². The Kier molecular flexibility index (Phi) is 4.52. The summed E-state index contributed by atoms with van der Waals surface area (Å²) in [4.78, 5) is 32.6. The number of carbonyl (C=O) groups is 2. The number of aldehydes is 1. The molecule has 1 aromatic rings. The van der Waals surface area contributed by atoms with Crippen molar-refractivity contribution < 1.29 is 19.2 Å². The predicted molar refractivity (Wildman–Crippen MR) is 74.3 cm³/mol. The van der Waals surface area contributed by atoms with E-state index in [1.807, 2.05) is 6.92 Å². The van der Waals surface area contributed by atoms with Crippen LogP contribution in [-0.4, -0.2) is 29.8 Å². The molecule has 1 N–H and O–H groups in total. The molecule has 0 bridgehead atoms. The minimum atomic E-state index is -0.596. The largest absolute Gasteiger partial charge is 0.483 e. The van der Waals surface area contributed by atoms with Gasteiger partial charge in [-0.15, -0.1) is 0 Å². The van der Waals surface area contributed by atoms with E-state index >= 15 is 0 Å². The molecule has 1 aromatic carbocycles. The first-order valence-electron chi connectivity index (χ1n) is 6.67. The van der Waals surface area contributed by atoms with Crippen molar-refractivity contribution in [2.75, 3.05) is 6.61 Å². The lowest BCUT2D eigenvalue weighted by molar-refractivity contribution is -0.384. The van der Waals surface area contributed by atoms with Gasteiger partial charge in [-0.2, -0.15) is 0 Å². The predicted octanol–water partition coefficient (Wildman–Crippen LogP) is 1.70. The van der Waals surface area contributed by atoms with E-state index in [-0.39, 0.29) is 35.6 Å². The van der Waals surface area contributed by atoms with Crippen molar-refractivity contribution in [1.29, 1.82) is 0 Å². The number of hydrogen-bond donors (Lipinski definition) is 1. The highest BCUT2D eigenvalue weighted by Crippen LogP contribution is 2.32. The van der Waals surface area contributed by atoms with Crippen molar-refractivity contribution in [3.63, 3.8) is 0 Å². The number of hydrogen-bond acceptors (Lipinski definition) is 5. The van der Waals surface area contributed by atoms with E-state index < -0.39 is 4.92 Å². The van der Waals surface area contributed by atoms with Gasteiger partial charge in [0, 0.05) is 18.2 Å². The molecular formula is C14H16N2O5. The van der Waals surface area contributed by atoms with Crippen LogP contribution in [0.25, 0.3) is 0 Å². The van der Waals surface area contributed by atoms with Gasteiger partial charge in [-0.1, -0.05) is 0 Å². The Morgan fingerprint density at radius 3 is 2.86 bits per heavy atom. The Hall–Kier alpha value is -2.44. The summed E-state index contributed by atoms with van der Waals surface area (Å²) in [6.45, 7) is 1.72. The molecule has 0 heterocycles. The smallest absolute Gasteiger partial charge is 0.270 e. The van der Waals surface area contributed by atoms with Crippen molar-refractivity contribution in [3.05, 3.63) is 33.9 Å². The van der Waals surface area contributed by atoms with Gasteiger partial charge in [-0.05, 0) is 31.7 Å². The van der Waals surface area contributed by atoms with Crippen LogP contribution >= 0.6 is 0 Å². The average Bonchev–Trinajstić information content (AvgIpc) is 3.29. The molecule has 1 atom stereocenters. The summed E-state index contributed by atoms with van der Waals surface area (Å²) in [5.74, 6) is 0.424. The third kappa shape index (κ3) is 4.01. The number of amides is 1. The standard InChI is InChI=1S/C14H16N2O5/c1-9(10-2-3-10)15-14(18)8-21-13-5-4-12(16(19)20)6-11(13)7-17/h4-7,9-10H,2-3,8H2,1H3,(H,15,18)/t9-/m1/s1. The lowest BCUT2D eigenvalue weighted by Gasteiger charge is -2.13. The zero-order valence-electron chi connectivity index (χ0n) is 11.6. The van der Waals surface area contributed by atoms with Crippen LogP contribution in [0.15, 0.2) is 18.2 Å². The fraction of sp³-hybridized carbons (Fsp3) is 0.429. The number of nitrogens with zero attached hydrogens (tertiary/aromatic N) is 1. The molecule has 1 amide bonds. The Morgan fingerprint density at radius 2 is 2.29 bits per heavy atom. The second kappa shape index (κ2) is 6.34. The molecule has 2 rings (SSSR count). The number of nitrogens with one attached hydrogen (secondary N) is 1. The third-order valence-corrected chi connectivity index (χ3v) is 3.41. The van der Waals surface area contributed by atoms with Crippen molar-refractivity contribution in [2.45, 2.75) is 25.8 Å². The number of benzene rings is 1. The van der Waals surface area contributed by atoms with E-state index in [0.717, 1.165) is 18.9 Å². The maximum absolute atomic E-state index is 11.7. The van der Waals surface area contributed by atoms with Gasteiger partial charge in [-0.3, -0.25) is 19.7 Å². The van der Waals surface area contributed by atoms with E-state index in [1.165, 1.54) is 12.1 Å². The second-order valence-corrected chi connectivity index (χ2v) is 5.08. The van der Waals surface area contributed by atoms with Gasteiger partial charge in [0.2, 0.25) is 0 Å². The molecule has 0 spiro atoms. The van der Waals surface area contributed by atoms with Gasteiger partial charge >= 0.3 is 0 Å². The summed E-state index contributed by atoms with van der Waals surface area (Å²) in [5, 5.41) is 13.4. The summed E-state index contributed by atoms with van der Waals surface area (Å²) in [7, 11) is 0. The molecule has 0 aliphatic heterocycles. The van der Waals surface area contributed by atoms with Gasteiger partial charge < -0.3 is 10.1 Å². The Balaban J connectivity index is 1.94. The van der Waals surface area contributed by atoms with Gasteiger partial charge in [-0.25, -0.2) is 0 Å². The zero-order chi connectivity index (χ0) is 15.4. The molecule has 0 unspecified atom stereocenters. The minimum Gasteiger partial charge on any atom is -0.483 e. The van der Waals surface area contributed by atoms with E-state index in [2.05, 4.69) is 5.32 Å². The molecule has 7 nitrogen and oxygen atoms in total. The molecule has 1 aliphatic rings. The lowest BCUT2D eigenvalue weighted by atomic mass is 10.2. The van der Waals surface area contributed by atoms with E-state index in [9.17, 15) is 19.7 Å². The first-order valence-corrected chi connectivity index (χ1v) is 6.67. The molecule has 112 valence electrons. The van der Waals surface area contributed by atoms with Crippen LogP contribution in [0.5, 0.6) is 5.75 Å². The zero-order valence-corrected chi connectivity index (χ0v) is 11.6. The number of carbonyl (C=O) groups excluding carboxylic acids is 2. The summed E-state index contributed by atoms with van der Waals surface area (Å²) in [6, 6.07) is 3.78. The molecule has 21 heavy (non-hydrogen) atoms. The summed E-state index contributed by atoms with van der Waals surface area (Å²) in [6.07, 6.45) is 2.72. The van der Waals surface area contributed by atoms with Gasteiger partial charge in [0.25, 0.3) is 11.6 Å². The van der Waals surface area contributed by atoms with E-state index in [4.69, 9.17) is 4.74 Å². The first kappa shape index (κ1) is 15.0. The first-order chi connectivity index (χ1) is 10.0. The molecule has 0 saturated heterocycles. The lowest BCUT2D eigenvalue weighted by Crippen LogP contribution is -2.37. The fourth-order valence-electron chi connectivity index (χ4n) is 2.03. The van der Waals surface area contributed by atoms with Crippen molar-refractivity contribution in [2.24, 2.45) is 5.92 Å². The molecule has 1 saturated carbocycles. The van der Waals surface area contributed by atoms with Crippen LogP contribution in [-0.2, 0) is 4.79 Å². The maximum Gasteiger partial charge on any atom is 0.270 e. The highest BCUT2D eigenvalue weighted by Gasteiger charge is 2.28. The van der Waals surface area contributed by atoms with Crippen molar-refractivity contribution >= 4 is 17.9 Å². The van der Waals surface area contributed by atoms with Gasteiger partial charge in [0.1, 0.15) is 5.75 Å². The normalized spacial score (nSPS) is 15.1. The Bertz CT molecular complexity index is 568. The maximum atomic E-state index is 11.7. The highest BCUT2D eigenvalue weighted by molar-refractivity contribution is 5.82. The highest BCUT2D eigenvalue weighted by atomic mass is 16.6. The van der Waals surface area contributed by atoms with Crippen molar-refractivity contribution in [1.82, 2.24) is 5.32 Å². The molecule has 0 aromatic heterocycles. The molecule has 1 fully saturated rings. The number of nitro benzene ring substituents is 1. The van der Waals surface area contributed by atoms with Crippen LogP contribution in [0.4, 0.5) is 5.69 Å². The number of non-ortho nitro benzene ring substituents is 1. The topological polar surface area (TPSA) is 98.5 Å². The van der Waals surface area contributed by atoms with Crippen molar-refractivity contribution in [3.8, 4) is 5.75 Å². The number of rotatable bonds is 7. The summed E-state index contributed by atoms with van der Waals surface area (Å²) in [5.41, 5.74) is -0.150. The fourth-order valence-corrected chi connectivity index (χ4v) is 2.03.